The van der Waals surface area contributed by atoms with Crippen LogP contribution in [0.3, 0.4) is 0 Å². The smallest absolute Gasteiger partial charge is 0.143 e. The fourth-order valence-electron chi connectivity index (χ4n) is 10.4. The van der Waals surface area contributed by atoms with E-state index in [4.69, 9.17) is 4.42 Å². The van der Waals surface area contributed by atoms with Gasteiger partial charge in [0.25, 0.3) is 0 Å². The highest BCUT2D eigenvalue weighted by Gasteiger charge is 2.26. The van der Waals surface area contributed by atoms with Crippen molar-refractivity contribution in [2.24, 2.45) is 0 Å². The van der Waals surface area contributed by atoms with Crippen LogP contribution in [-0.4, -0.2) is 10.6 Å². The van der Waals surface area contributed by atoms with Gasteiger partial charge in [-0.15, -0.1) is 0 Å². The molecule has 0 fully saturated rings. The summed E-state index contributed by atoms with van der Waals surface area (Å²) < 4.78 is 9.26. The van der Waals surface area contributed by atoms with Crippen molar-refractivity contribution in [3.05, 3.63) is 224 Å². The standard InChI is InChI=1S/C60H40N2O/c1-2-15-41-38-59-55(36-40(41)14-1)53-24-13-23-52(60(53)63-59)51-22-9-10-25-56(51)61(44-32-34-45(35-33-44)62-57-26-11-7-20-49(57)50-21-8-12-27-58(50)62)43-30-28-39(29-31-43)54-37-42-16-3-4-17-46(42)47-18-5-6-19-48(47)54/h1-32,34-38,44H,33H2. The monoisotopic (exact) mass is 804 g/mol. The van der Waals surface area contributed by atoms with E-state index in [1.54, 1.807) is 0 Å². The quantitative estimate of drug-likeness (QED) is 0.156. The highest BCUT2D eigenvalue weighted by molar-refractivity contribution is 6.15. The lowest BCUT2D eigenvalue weighted by Crippen LogP contribution is -2.30. The van der Waals surface area contributed by atoms with Gasteiger partial charge in [-0.1, -0.05) is 170 Å². The van der Waals surface area contributed by atoms with Gasteiger partial charge in [0.1, 0.15) is 11.2 Å². The molecule has 2 heterocycles. The molecule has 3 nitrogen and oxygen atoms in total. The van der Waals surface area contributed by atoms with E-state index in [1.165, 1.54) is 70.9 Å². The molecular weight excluding hydrogens is 765 g/mol. The molecule has 0 saturated carbocycles. The van der Waals surface area contributed by atoms with Crippen LogP contribution in [-0.2, 0) is 0 Å². The van der Waals surface area contributed by atoms with Crippen molar-refractivity contribution in [1.29, 1.82) is 0 Å². The van der Waals surface area contributed by atoms with Crippen LogP contribution in [0.15, 0.2) is 229 Å². The van der Waals surface area contributed by atoms with Crippen LogP contribution in [0.4, 0.5) is 11.4 Å². The van der Waals surface area contributed by atoms with E-state index in [-0.39, 0.29) is 6.04 Å². The van der Waals surface area contributed by atoms with Crippen molar-refractivity contribution in [2.75, 3.05) is 4.90 Å². The molecule has 63 heavy (non-hydrogen) atoms. The third-order valence-corrected chi connectivity index (χ3v) is 13.3. The lowest BCUT2D eigenvalue weighted by Gasteiger charge is -2.35. The lowest BCUT2D eigenvalue weighted by atomic mass is 9.93. The maximum Gasteiger partial charge on any atom is 0.143 e. The summed E-state index contributed by atoms with van der Waals surface area (Å²) in [5.74, 6) is 0. The number of aromatic nitrogens is 1. The van der Waals surface area contributed by atoms with Gasteiger partial charge in [0, 0.05) is 49.7 Å². The Morgan fingerprint density at radius 1 is 0.444 bits per heavy atom. The van der Waals surface area contributed by atoms with Crippen molar-refractivity contribution in [3.63, 3.8) is 0 Å². The molecule has 0 N–H and O–H groups in total. The lowest BCUT2D eigenvalue weighted by molar-refractivity contribution is 0.670. The predicted molar refractivity (Wildman–Crippen MR) is 267 cm³/mol. The molecule has 0 bridgehead atoms. The largest absolute Gasteiger partial charge is 0.455 e. The number of anilines is 2. The topological polar surface area (TPSA) is 21.3 Å². The van der Waals surface area contributed by atoms with Gasteiger partial charge in [-0.3, -0.25) is 0 Å². The Kier molecular flexibility index (Phi) is 8.04. The molecule has 0 amide bonds. The molecule has 13 rings (SSSR count). The van der Waals surface area contributed by atoms with Crippen molar-refractivity contribution < 1.29 is 4.42 Å². The zero-order valence-corrected chi connectivity index (χ0v) is 34.4. The molecule has 10 aromatic carbocycles. The second-order valence-corrected chi connectivity index (χ2v) is 16.8. The van der Waals surface area contributed by atoms with E-state index >= 15 is 0 Å². The summed E-state index contributed by atoms with van der Waals surface area (Å²) in [4.78, 5) is 2.53. The molecule has 1 aliphatic carbocycles. The maximum atomic E-state index is 6.84. The molecule has 0 radical (unpaired) electrons. The van der Waals surface area contributed by atoms with Gasteiger partial charge in [0.2, 0.25) is 0 Å². The Morgan fingerprint density at radius 3 is 1.79 bits per heavy atom. The Morgan fingerprint density at radius 2 is 1.05 bits per heavy atom. The van der Waals surface area contributed by atoms with Crippen molar-refractivity contribution in [2.45, 2.75) is 12.5 Å². The molecular formula is C60H40N2O. The van der Waals surface area contributed by atoms with E-state index in [9.17, 15) is 0 Å². The summed E-state index contributed by atoms with van der Waals surface area (Å²) in [6, 6.07) is 75.0. The molecule has 0 spiro atoms. The van der Waals surface area contributed by atoms with Gasteiger partial charge in [-0.05, 0) is 104 Å². The molecule has 12 aromatic rings. The fraction of sp³-hybridized carbons (Fsp3) is 0.0333. The minimum atomic E-state index is 0.0375. The number of nitrogens with zero attached hydrogens (tertiary/aromatic N) is 2. The van der Waals surface area contributed by atoms with Gasteiger partial charge in [-0.25, -0.2) is 0 Å². The average Bonchev–Trinajstić information content (AvgIpc) is 3.89. The highest BCUT2D eigenvalue weighted by atomic mass is 16.3. The van der Waals surface area contributed by atoms with Crippen LogP contribution in [0, 0.1) is 0 Å². The number of hydrogen-bond donors (Lipinski definition) is 0. The Hall–Kier alpha value is -8.14. The first-order chi connectivity index (χ1) is 31.2. The summed E-state index contributed by atoms with van der Waals surface area (Å²) in [5.41, 5.74) is 12.3. The van der Waals surface area contributed by atoms with Crippen LogP contribution in [0.1, 0.15) is 6.42 Å². The van der Waals surface area contributed by atoms with Gasteiger partial charge in [0.05, 0.1) is 17.1 Å². The van der Waals surface area contributed by atoms with Gasteiger partial charge < -0.3 is 13.9 Å². The zero-order valence-electron chi connectivity index (χ0n) is 34.4. The number of furan rings is 1. The molecule has 3 heteroatoms. The minimum Gasteiger partial charge on any atom is -0.455 e. The first-order valence-corrected chi connectivity index (χ1v) is 21.9. The first-order valence-electron chi connectivity index (χ1n) is 21.9. The van der Waals surface area contributed by atoms with E-state index in [0.717, 1.165) is 50.9 Å². The molecule has 1 atom stereocenters. The van der Waals surface area contributed by atoms with E-state index in [0.29, 0.717) is 0 Å². The van der Waals surface area contributed by atoms with Crippen molar-refractivity contribution in [3.8, 4) is 22.3 Å². The third kappa shape index (κ3) is 5.67. The molecule has 0 aliphatic heterocycles. The number of hydrogen-bond acceptors (Lipinski definition) is 2. The van der Waals surface area contributed by atoms with Crippen molar-refractivity contribution >= 4 is 93.1 Å². The van der Waals surface area contributed by atoms with Crippen LogP contribution < -0.4 is 4.90 Å². The SMILES string of the molecule is C1=CC(N(c2ccc(-c3cc4ccccc4c4ccccc34)cc2)c2ccccc2-c2cccc3c2oc2cc4ccccc4cc23)CC=C1n1c2ccccc2c2ccccc21. The van der Waals surface area contributed by atoms with E-state index in [1.807, 2.05) is 0 Å². The minimum absolute atomic E-state index is 0.0375. The molecule has 2 aromatic heterocycles. The second kappa shape index (κ2) is 14.2. The van der Waals surface area contributed by atoms with Crippen LogP contribution >= 0.6 is 0 Å². The summed E-state index contributed by atoms with van der Waals surface area (Å²) in [5, 5.41) is 12.2. The Bertz CT molecular complexity index is 3790. The van der Waals surface area contributed by atoms with Gasteiger partial charge >= 0.3 is 0 Å². The predicted octanol–water partition coefficient (Wildman–Crippen LogP) is 16.5. The molecule has 296 valence electrons. The maximum absolute atomic E-state index is 6.84. The number of rotatable bonds is 6. The van der Waals surface area contributed by atoms with Crippen LogP contribution in [0.2, 0.25) is 0 Å². The van der Waals surface area contributed by atoms with E-state index < -0.39 is 0 Å². The number of benzene rings is 10. The highest BCUT2D eigenvalue weighted by Crippen LogP contribution is 2.45. The van der Waals surface area contributed by atoms with Gasteiger partial charge in [0.15, 0.2) is 0 Å². The van der Waals surface area contributed by atoms with Crippen LogP contribution in [0.25, 0.3) is 104 Å². The summed E-state index contributed by atoms with van der Waals surface area (Å²) in [6.45, 7) is 0. The molecule has 1 aliphatic rings. The number of allylic oxidation sites excluding steroid dienone is 2. The summed E-state index contributed by atoms with van der Waals surface area (Å²) in [6.07, 6.45) is 7.95. The average molecular weight is 805 g/mol. The van der Waals surface area contributed by atoms with Crippen LogP contribution in [0.5, 0.6) is 0 Å². The summed E-state index contributed by atoms with van der Waals surface area (Å²) >= 11 is 0. The number of para-hydroxylation sites is 4. The summed E-state index contributed by atoms with van der Waals surface area (Å²) in [7, 11) is 0. The Labute approximate surface area is 364 Å². The second-order valence-electron chi connectivity index (χ2n) is 16.8. The molecule has 0 saturated heterocycles. The first kappa shape index (κ1) is 35.6. The molecule has 1 unspecified atom stereocenters. The normalized spacial score (nSPS) is 14.2. The fourth-order valence-corrected chi connectivity index (χ4v) is 10.4. The van der Waals surface area contributed by atoms with E-state index in [2.05, 4.69) is 234 Å². The number of fused-ring (bicyclic) bond motifs is 10. The van der Waals surface area contributed by atoms with Crippen molar-refractivity contribution in [1.82, 2.24) is 4.57 Å². The van der Waals surface area contributed by atoms with Gasteiger partial charge in [-0.2, -0.15) is 0 Å². The third-order valence-electron chi connectivity index (χ3n) is 13.3. The zero-order chi connectivity index (χ0) is 41.4. The Balaban J connectivity index is 0.966.